The molecule has 1 saturated heterocycles. The van der Waals surface area contributed by atoms with Crippen molar-refractivity contribution in [2.75, 3.05) is 26.2 Å². The molecular formula is C16H18F2N4O. The van der Waals surface area contributed by atoms with E-state index >= 15 is 0 Å². The van der Waals surface area contributed by atoms with Crippen LogP contribution in [0.2, 0.25) is 0 Å². The van der Waals surface area contributed by atoms with Crippen molar-refractivity contribution in [1.82, 2.24) is 19.8 Å². The molecule has 1 aliphatic heterocycles. The number of piperazine rings is 1. The summed E-state index contributed by atoms with van der Waals surface area (Å²) in [4.78, 5) is 23.7. The molecule has 1 aliphatic rings. The first-order valence-corrected chi connectivity index (χ1v) is 7.57. The van der Waals surface area contributed by atoms with Crippen molar-refractivity contribution in [2.45, 2.75) is 13.0 Å². The molecule has 1 fully saturated rings. The van der Waals surface area contributed by atoms with Gasteiger partial charge in [-0.2, -0.15) is 0 Å². The van der Waals surface area contributed by atoms with Crippen LogP contribution in [0.5, 0.6) is 0 Å². The van der Waals surface area contributed by atoms with E-state index in [4.69, 9.17) is 0 Å². The van der Waals surface area contributed by atoms with E-state index in [0.717, 1.165) is 30.6 Å². The summed E-state index contributed by atoms with van der Waals surface area (Å²) in [6.45, 7) is 4.52. The number of carbonyl (C=O) groups is 1. The van der Waals surface area contributed by atoms with Crippen LogP contribution in [0, 0.1) is 11.6 Å². The molecule has 0 radical (unpaired) electrons. The maximum atomic E-state index is 13.3. The average molecular weight is 320 g/mol. The van der Waals surface area contributed by atoms with Crippen molar-refractivity contribution in [2.24, 2.45) is 0 Å². The first-order chi connectivity index (χ1) is 11.1. The lowest BCUT2D eigenvalue weighted by molar-refractivity contribution is 0.0479. The van der Waals surface area contributed by atoms with Crippen LogP contribution in [0.25, 0.3) is 0 Å². The van der Waals surface area contributed by atoms with Gasteiger partial charge in [-0.3, -0.25) is 9.69 Å². The van der Waals surface area contributed by atoms with E-state index in [9.17, 15) is 13.6 Å². The van der Waals surface area contributed by atoms with Gasteiger partial charge >= 0.3 is 0 Å². The minimum Gasteiger partial charge on any atom is -0.347 e. The Balaban J connectivity index is 1.82. The van der Waals surface area contributed by atoms with Crippen molar-refractivity contribution in [3.8, 4) is 0 Å². The summed E-state index contributed by atoms with van der Waals surface area (Å²) in [6.07, 6.45) is 3.41. The first kappa shape index (κ1) is 15.6. The van der Waals surface area contributed by atoms with Gasteiger partial charge in [0, 0.05) is 43.7 Å². The van der Waals surface area contributed by atoms with Crippen molar-refractivity contribution in [3.63, 3.8) is 0 Å². The van der Waals surface area contributed by atoms with Gasteiger partial charge in [0.2, 0.25) is 0 Å². The molecule has 7 heteroatoms. The lowest BCUT2D eigenvalue weighted by atomic mass is 10.1. The van der Waals surface area contributed by atoms with Crippen molar-refractivity contribution >= 4 is 5.91 Å². The second kappa shape index (κ2) is 6.45. The maximum absolute atomic E-state index is 13.3. The van der Waals surface area contributed by atoms with Gasteiger partial charge in [0.25, 0.3) is 5.91 Å². The van der Waals surface area contributed by atoms with E-state index in [1.54, 1.807) is 17.3 Å². The molecule has 0 aliphatic carbocycles. The number of aromatic amines is 1. The molecule has 1 aromatic heterocycles. The minimum atomic E-state index is -0.747. The van der Waals surface area contributed by atoms with E-state index in [-0.39, 0.29) is 17.5 Å². The molecule has 0 saturated carbocycles. The third-order valence-electron chi connectivity index (χ3n) is 4.13. The molecule has 1 unspecified atom stereocenters. The van der Waals surface area contributed by atoms with Crippen molar-refractivity contribution in [3.05, 3.63) is 53.6 Å². The van der Waals surface area contributed by atoms with Gasteiger partial charge in [0.1, 0.15) is 17.5 Å². The van der Waals surface area contributed by atoms with Gasteiger partial charge in [-0.05, 0) is 18.7 Å². The van der Waals surface area contributed by atoms with Gasteiger partial charge in [0.15, 0.2) is 0 Å². The lowest BCUT2D eigenvalue weighted by Gasteiger charge is -2.40. The van der Waals surface area contributed by atoms with Crippen LogP contribution in [0.1, 0.15) is 29.1 Å². The highest BCUT2D eigenvalue weighted by Gasteiger charge is 2.31. The highest BCUT2D eigenvalue weighted by atomic mass is 19.1. The number of H-pyrrole nitrogens is 1. The standard InChI is InChI=1S/C16H18F2N4O/c1-2-21-5-6-22(10-14(21)15-19-3-4-20-15)16(23)11-7-12(17)9-13(18)8-11/h3-4,7-9,14H,2,5-6,10H2,1H3,(H,19,20). The SMILES string of the molecule is CCN1CCN(C(=O)c2cc(F)cc(F)c2)CC1c1ncc[nH]1. The van der Waals surface area contributed by atoms with Crippen LogP contribution in [0.3, 0.4) is 0 Å². The number of nitrogens with zero attached hydrogens (tertiary/aromatic N) is 3. The molecule has 1 atom stereocenters. The fourth-order valence-corrected chi connectivity index (χ4v) is 2.96. The number of benzene rings is 1. The Morgan fingerprint density at radius 2 is 2.04 bits per heavy atom. The Labute approximate surface area is 132 Å². The molecule has 3 rings (SSSR count). The molecule has 2 heterocycles. The van der Waals surface area contributed by atoms with Crippen LogP contribution < -0.4 is 0 Å². The van der Waals surface area contributed by atoms with E-state index in [1.807, 2.05) is 0 Å². The number of rotatable bonds is 3. The predicted octanol–water partition coefficient (Wildman–Crippen LogP) is 2.21. The van der Waals surface area contributed by atoms with E-state index in [0.29, 0.717) is 19.6 Å². The zero-order chi connectivity index (χ0) is 16.4. The number of nitrogens with one attached hydrogen (secondary N) is 1. The molecule has 122 valence electrons. The number of aromatic nitrogens is 2. The zero-order valence-corrected chi connectivity index (χ0v) is 12.8. The highest BCUT2D eigenvalue weighted by Crippen LogP contribution is 2.24. The monoisotopic (exact) mass is 320 g/mol. The van der Waals surface area contributed by atoms with Gasteiger partial charge in [-0.25, -0.2) is 13.8 Å². The molecule has 1 aromatic carbocycles. The lowest BCUT2D eigenvalue weighted by Crippen LogP contribution is -2.50. The summed E-state index contributed by atoms with van der Waals surface area (Å²) in [7, 11) is 0. The second-order valence-electron chi connectivity index (χ2n) is 5.53. The zero-order valence-electron chi connectivity index (χ0n) is 12.8. The minimum absolute atomic E-state index is 0.0330. The van der Waals surface area contributed by atoms with Crippen LogP contribution >= 0.6 is 0 Å². The Hall–Kier alpha value is -2.28. The first-order valence-electron chi connectivity index (χ1n) is 7.57. The summed E-state index contributed by atoms with van der Waals surface area (Å²) >= 11 is 0. The number of carbonyl (C=O) groups excluding carboxylic acids is 1. The van der Waals surface area contributed by atoms with E-state index in [2.05, 4.69) is 21.8 Å². The summed E-state index contributed by atoms with van der Waals surface area (Å²) in [6, 6.07) is 2.85. The third-order valence-corrected chi connectivity index (χ3v) is 4.13. The number of imidazole rings is 1. The normalized spacial score (nSPS) is 19.1. The predicted molar refractivity (Wildman–Crippen MR) is 80.8 cm³/mol. The average Bonchev–Trinajstić information content (AvgIpc) is 3.07. The van der Waals surface area contributed by atoms with Gasteiger partial charge in [-0.1, -0.05) is 6.92 Å². The summed E-state index contributed by atoms with van der Waals surface area (Å²) < 4.78 is 26.7. The highest BCUT2D eigenvalue weighted by molar-refractivity contribution is 5.94. The fourth-order valence-electron chi connectivity index (χ4n) is 2.96. The molecule has 23 heavy (non-hydrogen) atoms. The Kier molecular flexibility index (Phi) is 4.38. The molecular weight excluding hydrogens is 302 g/mol. The molecule has 2 aromatic rings. The van der Waals surface area contributed by atoms with Crippen molar-refractivity contribution in [1.29, 1.82) is 0 Å². The number of amides is 1. The number of likely N-dealkylation sites (N-methyl/N-ethyl adjacent to an activating group) is 1. The molecule has 5 nitrogen and oxygen atoms in total. The second-order valence-corrected chi connectivity index (χ2v) is 5.53. The Morgan fingerprint density at radius 1 is 1.30 bits per heavy atom. The third kappa shape index (κ3) is 3.24. The largest absolute Gasteiger partial charge is 0.347 e. The molecule has 1 amide bonds. The smallest absolute Gasteiger partial charge is 0.254 e. The van der Waals surface area contributed by atoms with Crippen LogP contribution in [-0.4, -0.2) is 51.9 Å². The molecule has 0 spiro atoms. The maximum Gasteiger partial charge on any atom is 0.254 e. The van der Waals surface area contributed by atoms with E-state index in [1.165, 1.54) is 0 Å². The van der Waals surface area contributed by atoms with Gasteiger partial charge in [-0.15, -0.1) is 0 Å². The quantitative estimate of drug-likeness (QED) is 0.943. The summed E-state index contributed by atoms with van der Waals surface area (Å²) in [5.74, 6) is -1.07. The fraction of sp³-hybridized carbons (Fsp3) is 0.375. The summed E-state index contributed by atoms with van der Waals surface area (Å²) in [5.41, 5.74) is 0.0330. The van der Waals surface area contributed by atoms with Gasteiger partial charge in [0.05, 0.1) is 6.04 Å². The van der Waals surface area contributed by atoms with Crippen molar-refractivity contribution < 1.29 is 13.6 Å². The molecule has 0 bridgehead atoms. The summed E-state index contributed by atoms with van der Waals surface area (Å²) in [5, 5.41) is 0. The van der Waals surface area contributed by atoms with Crippen LogP contribution in [0.15, 0.2) is 30.6 Å². The molecule has 1 N–H and O–H groups in total. The topological polar surface area (TPSA) is 52.2 Å². The number of halogens is 2. The van der Waals surface area contributed by atoms with Gasteiger partial charge < -0.3 is 9.88 Å². The number of hydrogen-bond donors (Lipinski definition) is 1. The van der Waals surface area contributed by atoms with Crippen LogP contribution in [-0.2, 0) is 0 Å². The Morgan fingerprint density at radius 3 is 2.65 bits per heavy atom. The van der Waals surface area contributed by atoms with Crippen LogP contribution in [0.4, 0.5) is 8.78 Å². The van der Waals surface area contributed by atoms with E-state index < -0.39 is 11.6 Å². The number of hydrogen-bond acceptors (Lipinski definition) is 3. The Bertz CT molecular complexity index is 669.